The predicted octanol–water partition coefficient (Wildman–Crippen LogP) is 1.21. The van der Waals surface area contributed by atoms with Gasteiger partial charge in [-0.05, 0) is 32.1 Å². The van der Waals surface area contributed by atoms with Crippen molar-refractivity contribution in [3.8, 4) is 0 Å². The Balaban J connectivity index is 1.96. The molecule has 1 N–H and O–H groups in total. The van der Waals surface area contributed by atoms with Crippen LogP contribution in [-0.4, -0.2) is 40.6 Å². The number of aromatic carboxylic acids is 1. The van der Waals surface area contributed by atoms with E-state index >= 15 is 0 Å². The Morgan fingerprint density at radius 2 is 1.95 bits per heavy atom. The van der Waals surface area contributed by atoms with Gasteiger partial charge in [0.15, 0.2) is 5.69 Å². The molecule has 0 amide bonds. The number of carboxylic acid groups (broad SMARTS) is 1. The molecule has 0 unspecified atom stereocenters. The van der Waals surface area contributed by atoms with E-state index in [1.807, 2.05) is 4.57 Å². The minimum Gasteiger partial charge on any atom is -0.476 e. The van der Waals surface area contributed by atoms with E-state index in [4.69, 9.17) is 0 Å². The van der Waals surface area contributed by atoms with Gasteiger partial charge in [0, 0.05) is 12.5 Å². The molecule has 0 bridgehead atoms. The quantitative estimate of drug-likeness (QED) is 0.886. The van der Waals surface area contributed by atoms with Gasteiger partial charge in [0.2, 0.25) is 0 Å². The largest absolute Gasteiger partial charge is 0.476 e. The first-order valence-corrected chi connectivity index (χ1v) is 8.83. The number of imidazole rings is 1. The molecule has 1 aromatic rings. The van der Waals surface area contributed by atoms with E-state index in [0.717, 1.165) is 37.3 Å². The minimum atomic E-state index is -2.91. The summed E-state index contributed by atoms with van der Waals surface area (Å²) in [5, 5.41) is 9.26. The van der Waals surface area contributed by atoms with Crippen LogP contribution in [0.4, 0.5) is 0 Å². The van der Waals surface area contributed by atoms with E-state index in [0.29, 0.717) is 12.8 Å². The molecular weight excluding hydrogens is 280 g/mol. The second-order valence-electron chi connectivity index (χ2n) is 5.61. The number of sulfone groups is 1. The second kappa shape index (κ2) is 4.87. The first-order valence-electron chi connectivity index (χ1n) is 7.01. The Kier molecular flexibility index (Phi) is 3.32. The van der Waals surface area contributed by atoms with E-state index in [2.05, 4.69) is 4.98 Å². The fraction of sp³-hybridized carbons (Fsp3) is 0.692. The van der Waals surface area contributed by atoms with Gasteiger partial charge in [-0.3, -0.25) is 0 Å². The van der Waals surface area contributed by atoms with Crippen molar-refractivity contribution in [2.45, 2.75) is 44.6 Å². The third-order valence-electron chi connectivity index (χ3n) is 4.27. The summed E-state index contributed by atoms with van der Waals surface area (Å²) in [6.07, 6.45) is 3.88. The lowest BCUT2D eigenvalue weighted by Gasteiger charge is -2.24. The highest BCUT2D eigenvalue weighted by Gasteiger charge is 2.31. The molecule has 6 nitrogen and oxygen atoms in total. The van der Waals surface area contributed by atoms with Gasteiger partial charge in [0.25, 0.3) is 0 Å². The maximum absolute atomic E-state index is 11.5. The summed E-state index contributed by atoms with van der Waals surface area (Å²) in [6.45, 7) is 0.800. The summed E-state index contributed by atoms with van der Waals surface area (Å²) in [6, 6.07) is 0. The predicted molar refractivity (Wildman–Crippen MR) is 72.8 cm³/mol. The number of hydrogen-bond acceptors (Lipinski definition) is 4. The normalized spacial score (nSPS) is 22.4. The molecule has 2 aliphatic rings. The maximum Gasteiger partial charge on any atom is 0.356 e. The number of fused-ring (bicyclic) bond motifs is 1. The van der Waals surface area contributed by atoms with Crippen molar-refractivity contribution >= 4 is 15.8 Å². The van der Waals surface area contributed by atoms with Crippen molar-refractivity contribution in [1.29, 1.82) is 0 Å². The monoisotopic (exact) mass is 298 g/mol. The van der Waals surface area contributed by atoms with E-state index < -0.39 is 15.8 Å². The summed E-state index contributed by atoms with van der Waals surface area (Å²) >= 11 is 0. The topological polar surface area (TPSA) is 89.3 Å². The molecule has 0 saturated carbocycles. The van der Waals surface area contributed by atoms with Gasteiger partial charge < -0.3 is 9.67 Å². The zero-order valence-electron chi connectivity index (χ0n) is 11.2. The molecule has 20 heavy (non-hydrogen) atoms. The van der Waals surface area contributed by atoms with Crippen LogP contribution in [0.3, 0.4) is 0 Å². The fourth-order valence-corrected chi connectivity index (χ4v) is 4.69. The second-order valence-corrected chi connectivity index (χ2v) is 7.91. The number of rotatable bonds is 2. The van der Waals surface area contributed by atoms with E-state index in [1.165, 1.54) is 0 Å². The molecule has 2 aliphatic heterocycles. The smallest absolute Gasteiger partial charge is 0.356 e. The number of aromatic nitrogens is 2. The average Bonchev–Trinajstić information content (AvgIpc) is 2.79. The molecule has 0 radical (unpaired) electrons. The van der Waals surface area contributed by atoms with E-state index in [-0.39, 0.29) is 23.1 Å². The SMILES string of the molecule is O=C(O)c1nc(C2CCS(=O)(=O)CC2)n2c1CCCC2. The minimum absolute atomic E-state index is 0.0727. The lowest BCUT2D eigenvalue weighted by atomic mass is 10.0. The highest BCUT2D eigenvalue weighted by Crippen LogP contribution is 2.32. The van der Waals surface area contributed by atoms with E-state index in [1.54, 1.807) is 0 Å². The summed E-state index contributed by atoms with van der Waals surface area (Å²) < 4.78 is 25.0. The molecule has 0 spiro atoms. The Bertz CT molecular complexity index is 634. The molecule has 3 heterocycles. The molecule has 110 valence electrons. The zero-order valence-corrected chi connectivity index (χ0v) is 12.0. The molecule has 0 atom stereocenters. The van der Waals surface area contributed by atoms with Gasteiger partial charge in [-0.2, -0.15) is 0 Å². The standard InChI is InChI=1S/C13H18N2O4S/c16-13(17)11-10-3-1-2-6-15(10)12(14-11)9-4-7-20(18,19)8-5-9/h9H,1-8H2,(H,16,17). The average molecular weight is 298 g/mol. The lowest BCUT2D eigenvalue weighted by Crippen LogP contribution is -2.25. The van der Waals surface area contributed by atoms with Crippen LogP contribution >= 0.6 is 0 Å². The fourth-order valence-electron chi connectivity index (χ4n) is 3.20. The molecule has 3 rings (SSSR count). The first kappa shape index (κ1) is 13.6. The summed E-state index contributed by atoms with van der Waals surface area (Å²) in [5.74, 6) is 0.241. The van der Waals surface area contributed by atoms with Crippen LogP contribution in [0.15, 0.2) is 0 Å². The van der Waals surface area contributed by atoms with Gasteiger partial charge in [0.05, 0.1) is 17.2 Å². The molecule has 1 aromatic heterocycles. The summed E-state index contributed by atoms with van der Waals surface area (Å²) in [5.41, 5.74) is 0.973. The van der Waals surface area contributed by atoms with Crippen LogP contribution in [0, 0.1) is 0 Å². The highest BCUT2D eigenvalue weighted by atomic mass is 32.2. The number of hydrogen-bond donors (Lipinski definition) is 1. The van der Waals surface area contributed by atoms with Crippen LogP contribution in [0.5, 0.6) is 0 Å². The third-order valence-corrected chi connectivity index (χ3v) is 5.99. The number of nitrogens with zero attached hydrogens (tertiary/aromatic N) is 2. The van der Waals surface area contributed by atoms with Gasteiger partial charge in [-0.15, -0.1) is 0 Å². The molecular formula is C13H18N2O4S. The Hall–Kier alpha value is -1.37. The van der Waals surface area contributed by atoms with Gasteiger partial charge in [-0.25, -0.2) is 18.2 Å². The van der Waals surface area contributed by atoms with Crippen molar-refractivity contribution in [3.05, 3.63) is 17.2 Å². The first-order chi connectivity index (χ1) is 9.48. The molecule has 7 heteroatoms. The summed E-state index contributed by atoms with van der Waals surface area (Å²) in [7, 11) is -2.91. The Labute approximate surface area is 117 Å². The van der Waals surface area contributed by atoms with Crippen molar-refractivity contribution < 1.29 is 18.3 Å². The Morgan fingerprint density at radius 3 is 2.60 bits per heavy atom. The van der Waals surface area contributed by atoms with Crippen LogP contribution in [0.2, 0.25) is 0 Å². The molecule has 0 aliphatic carbocycles. The number of carbonyl (C=O) groups is 1. The zero-order chi connectivity index (χ0) is 14.3. The Morgan fingerprint density at radius 1 is 1.25 bits per heavy atom. The molecule has 1 saturated heterocycles. The molecule has 0 aromatic carbocycles. The molecule has 1 fully saturated rings. The highest BCUT2D eigenvalue weighted by molar-refractivity contribution is 7.91. The van der Waals surface area contributed by atoms with Crippen LogP contribution in [-0.2, 0) is 22.8 Å². The van der Waals surface area contributed by atoms with Crippen LogP contribution in [0.25, 0.3) is 0 Å². The number of carboxylic acids is 1. The van der Waals surface area contributed by atoms with Gasteiger partial charge in [0.1, 0.15) is 15.7 Å². The van der Waals surface area contributed by atoms with Crippen molar-refractivity contribution in [1.82, 2.24) is 9.55 Å². The van der Waals surface area contributed by atoms with Crippen molar-refractivity contribution in [3.63, 3.8) is 0 Å². The van der Waals surface area contributed by atoms with Gasteiger partial charge >= 0.3 is 5.97 Å². The van der Waals surface area contributed by atoms with Crippen molar-refractivity contribution in [2.24, 2.45) is 0 Å². The van der Waals surface area contributed by atoms with Gasteiger partial charge in [-0.1, -0.05) is 0 Å². The van der Waals surface area contributed by atoms with Crippen LogP contribution < -0.4 is 0 Å². The third kappa shape index (κ3) is 2.34. The summed E-state index contributed by atoms with van der Waals surface area (Å²) in [4.78, 5) is 15.6. The maximum atomic E-state index is 11.5. The van der Waals surface area contributed by atoms with E-state index in [9.17, 15) is 18.3 Å². The van der Waals surface area contributed by atoms with Crippen molar-refractivity contribution in [2.75, 3.05) is 11.5 Å². The lowest BCUT2D eigenvalue weighted by molar-refractivity contribution is 0.0689. The van der Waals surface area contributed by atoms with Crippen LogP contribution in [0.1, 0.15) is 53.6 Å².